The van der Waals surface area contributed by atoms with Crippen LogP contribution in [0.4, 0.5) is 5.69 Å². The molecule has 0 saturated heterocycles. The van der Waals surface area contributed by atoms with E-state index in [0.717, 1.165) is 28.2 Å². The van der Waals surface area contributed by atoms with E-state index in [2.05, 4.69) is 5.32 Å². The van der Waals surface area contributed by atoms with Crippen LogP contribution in [0.5, 0.6) is 0 Å². The molecule has 0 aliphatic rings. The molecule has 30 heavy (non-hydrogen) atoms. The van der Waals surface area contributed by atoms with E-state index < -0.39 is 10.0 Å². The van der Waals surface area contributed by atoms with Gasteiger partial charge in [-0.15, -0.1) is 0 Å². The van der Waals surface area contributed by atoms with Crippen LogP contribution >= 0.6 is 11.6 Å². The molecule has 0 spiro atoms. The quantitative estimate of drug-likeness (QED) is 0.478. The molecule has 0 radical (unpaired) electrons. The number of nitrogens with zero attached hydrogens (tertiary/aromatic N) is 2. The molecule has 0 atom stereocenters. The van der Waals surface area contributed by atoms with Gasteiger partial charge in [-0.25, -0.2) is 18.2 Å². The molecule has 0 aliphatic heterocycles. The maximum atomic E-state index is 11.6. The molecule has 0 aliphatic carbocycles. The number of halogens is 1. The van der Waals surface area contributed by atoms with E-state index in [4.69, 9.17) is 21.8 Å². The van der Waals surface area contributed by atoms with Gasteiger partial charge in [-0.2, -0.15) is 5.10 Å². The summed E-state index contributed by atoms with van der Waals surface area (Å²) < 4.78 is 24.9. The number of hydrogen-bond acceptors (Lipinski definition) is 4. The summed E-state index contributed by atoms with van der Waals surface area (Å²) in [6.07, 6.45) is 0. The van der Waals surface area contributed by atoms with Crippen LogP contribution in [0.25, 0.3) is 28.2 Å². The summed E-state index contributed by atoms with van der Waals surface area (Å²) in [4.78, 5) is 0.0503. The molecule has 3 aromatic carbocycles. The Balaban J connectivity index is 1.84. The molecule has 6 nitrogen and oxygen atoms in total. The van der Waals surface area contributed by atoms with Gasteiger partial charge in [-0.1, -0.05) is 35.9 Å². The van der Waals surface area contributed by atoms with Gasteiger partial charge >= 0.3 is 0 Å². The SMILES string of the molecule is CNc1ccc(-c2cc(-c3ccc(Cl)cc3)n(-c3ccc(S(N)(=O)=O)cc3)n2)cc1. The van der Waals surface area contributed by atoms with Gasteiger partial charge in [-0.05, 0) is 54.6 Å². The van der Waals surface area contributed by atoms with E-state index in [1.165, 1.54) is 12.1 Å². The fourth-order valence-electron chi connectivity index (χ4n) is 3.13. The van der Waals surface area contributed by atoms with Crippen LogP contribution in [0.2, 0.25) is 5.02 Å². The van der Waals surface area contributed by atoms with Gasteiger partial charge in [-0.3, -0.25) is 0 Å². The second kappa shape index (κ2) is 7.95. The van der Waals surface area contributed by atoms with Crippen molar-refractivity contribution in [3.8, 4) is 28.2 Å². The Hall–Kier alpha value is -3.13. The van der Waals surface area contributed by atoms with Gasteiger partial charge < -0.3 is 5.32 Å². The Kier molecular flexibility index (Phi) is 5.34. The Morgan fingerprint density at radius 3 is 2.07 bits per heavy atom. The van der Waals surface area contributed by atoms with Crippen molar-refractivity contribution in [1.82, 2.24) is 9.78 Å². The molecular formula is C22H19ClN4O2S. The second-order valence-electron chi connectivity index (χ2n) is 6.70. The highest BCUT2D eigenvalue weighted by atomic mass is 35.5. The van der Waals surface area contributed by atoms with Crippen LogP contribution in [-0.4, -0.2) is 25.2 Å². The lowest BCUT2D eigenvalue weighted by Gasteiger charge is -2.08. The highest BCUT2D eigenvalue weighted by Crippen LogP contribution is 2.30. The number of primary sulfonamides is 1. The maximum absolute atomic E-state index is 11.6. The minimum Gasteiger partial charge on any atom is -0.388 e. The molecule has 0 saturated carbocycles. The summed E-state index contributed by atoms with van der Waals surface area (Å²) >= 11 is 6.05. The topological polar surface area (TPSA) is 90.0 Å². The van der Waals surface area contributed by atoms with Crippen LogP contribution in [0.1, 0.15) is 0 Å². The summed E-state index contributed by atoms with van der Waals surface area (Å²) in [5, 5.41) is 13.7. The zero-order valence-electron chi connectivity index (χ0n) is 16.1. The highest BCUT2D eigenvalue weighted by molar-refractivity contribution is 7.89. The third-order valence-electron chi connectivity index (χ3n) is 4.73. The minimum atomic E-state index is -3.76. The number of hydrogen-bond donors (Lipinski definition) is 2. The molecule has 0 amide bonds. The average molecular weight is 439 g/mol. The van der Waals surface area contributed by atoms with Crippen molar-refractivity contribution in [3.63, 3.8) is 0 Å². The van der Waals surface area contributed by atoms with Crippen LogP contribution in [-0.2, 0) is 10.0 Å². The summed E-state index contributed by atoms with van der Waals surface area (Å²) in [6.45, 7) is 0. The number of rotatable bonds is 5. The van der Waals surface area contributed by atoms with E-state index in [-0.39, 0.29) is 4.90 Å². The zero-order chi connectivity index (χ0) is 21.3. The normalized spacial score (nSPS) is 11.4. The lowest BCUT2D eigenvalue weighted by atomic mass is 10.1. The van der Waals surface area contributed by atoms with E-state index in [9.17, 15) is 8.42 Å². The Bertz CT molecular complexity index is 1280. The molecular weight excluding hydrogens is 420 g/mol. The average Bonchev–Trinajstić information content (AvgIpc) is 3.19. The molecule has 3 N–H and O–H groups in total. The van der Waals surface area contributed by atoms with Crippen LogP contribution in [0, 0.1) is 0 Å². The van der Waals surface area contributed by atoms with Gasteiger partial charge in [0, 0.05) is 28.9 Å². The Morgan fingerprint density at radius 2 is 1.50 bits per heavy atom. The molecule has 8 heteroatoms. The third-order valence-corrected chi connectivity index (χ3v) is 5.91. The number of sulfonamides is 1. The molecule has 1 heterocycles. The summed E-state index contributed by atoms with van der Waals surface area (Å²) in [6, 6.07) is 23.7. The van der Waals surface area contributed by atoms with E-state index in [1.807, 2.05) is 61.6 Å². The molecule has 152 valence electrons. The van der Waals surface area contributed by atoms with Gasteiger partial charge in [0.15, 0.2) is 0 Å². The number of nitrogens with one attached hydrogen (secondary N) is 1. The first-order chi connectivity index (χ1) is 14.3. The van der Waals surface area contributed by atoms with Crippen molar-refractivity contribution in [2.75, 3.05) is 12.4 Å². The molecule has 0 unspecified atom stereocenters. The zero-order valence-corrected chi connectivity index (χ0v) is 17.7. The van der Waals surface area contributed by atoms with Crippen molar-refractivity contribution >= 4 is 27.3 Å². The standard InChI is InChI=1S/C22H19ClN4O2S/c1-25-18-8-4-15(5-9-18)21-14-22(16-2-6-17(23)7-3-16)27(26-21)19-10-12-20(13-11-19)30(24,28)29/h2-14,25H,1H3,(H2,24,28,29). The Labute approximate surface area is 180 Å². The number of anilines is 1. The summed E-state index contributed by atoms with van der Waals surface area (Å²) in [7, 11) is -1.89. The van der Waals surface area contributed by atoms with Crippen LogP contribution in [0.3, 0.4) is 0 Å². The predicted octanol–water partition coefficient (Wildman–Crippen LogP) is 4.55. The summed E-state index contributed by atoms with van der Waals surface area (Å²) in [5.41, 5.74) is 5.26. The molecule has 4 aromatic rings. The van der Waals surface area contributed by atoms with E-state index >= 15 is 0 Å². The fourth-order valence-corrected chi connectivity index (χ4v) is 3.77. The largest absolute Gasteiger partial charge is 0.388 e. The van der Waals surface area contributed by atoms with Crippen LogP contribution in [0.15, 0.2) is 83.8 Å². The van der Waals surface area contributed by atoms with Crippen LogP contribution < -0.4 is 10.5 Å². The molecule has 0 fully saturated rings. The smallest absolute Gasteiger partial charge is 0.238 e. The number of benzene rings is 3. The third kappa shape index (κ3) is 4.09. The lowest BCUT2D eigenvalue weighted by Crippen LogP contribution is -2.12. The molecule has 0 bridgehead atoms. The van der Waals surface area contributed by atoms with E-state index in [0.29, 0.717) is 10.7 Å². The van der Waals surface area contributed by atoms with Crippen molar-refractivity contribution in [2.24, 2.45) is 5.14 Å². The van der Waals surface area contributed by atoms with Crippen molar-refractivity contribution in [2.45, 2.75) is 4.90 Å². The number of nitrogens with two attached hydrogens (primary N) is 1. The first kappa shape index (κ1) is 20.2. The number of aromatic nitrogens is 2. The predicted molar refractivity (Wildman–Crippen MR) is 120 cm³/mol. The minimum absolute atomic E-state index is 0.0503. The Morgan fingerprint density at radius 1 is 0.900 bits per heavy atom. The van der Waals surface area contributed by atoms with Gasteiger partial charge in [0.2, 0.25) is 10.0 Å². The monoisotopic (exact) mass is 438 g/mol. The lowest BCUT2D eigenvalue weighted by molar-refractivity contribution is 0.598. The van der Waals surface area contributed by atoms with Crippen molar-refractivity contribution < 1.29 is 8.42 Å². The molecule has 1 aromatic heterocycles. The van der Waals surface area contributed by atoms with Crippen molar-refractivity contribution in [1.29, 1.82) is 0 Å². The van der Waals surface area contributed by atoms with E-state index in [1.54, 1.807) is 16.8 Å². The second-order valence-corrected chi connectivity index (χ2v) is 8.70. The first-order valence-corrected chi connectivity index (χ1v) is 11.0. The fraction of sp³-hybridized carbons (Fsp3) is 0.0455. The highest BCUT2D eigenvalue weighted by Gasteiger charge is 2.15. The molecule has 4 rings (SSSR count). The van der Waals surface area contributed by atoms with Gasteiger partial charge in [0.1, 0.15) is 0 Å². The maximum Gasteiger partial charge on any atom is 0.238 e. The van der Waals surface area contributed by atoms with Crippen molar-refractivity contribution in [3.05, 3.63) is 83.9 Å². The van der Waals surface area contributed by atoms with Gasteiger partial charge in [0.25, 0.3) is 0 Å². The van der Waals surface area contributed by atoms with Gasteiger partial charge in [0.05, 0.1) is 22.0 Å². The first-order valence-electron chi connectivity index (χ1n) is 9.12. The summed E-state index contributed by atoms with van der Waals surface area (Å²) in [5.74, 6) is 0.